The second-order valence-corrected chi connectivity index (χ2v) is 4.40. The molecule has 1 heteroatoms. The van der Waals surface area contributed by atoms with E-state index >= 15 is 0 Å². The summed E-state index contributed by atoms with van der Waals surface area (Å²) in [5.41, 5.74) is 5.51. The molecule has 0 saturated carbocycles. The van der Waals surface area contributed by atoms with E-state index in [0.717, 1.165) is 12.8 Å². The first-order chi connectivity index (χ1) is 8.95. The van der Waals surface area contributed by atoms with Gasteiger partial charge in [0.2, 0.25) is 0 Å². The van der Waals surface area contributed by atoms with Crippen molar-refractivity contribution < 1.29 is 25.8 Å². The van der Waals surface area contributed by atoms with Crippen LogP contribution in [0, 0.1) is 27.0 Å². The van der Waals surface area contributed by atoms with Crippen LogP contribution in [0.2, 0.25) is 0 Å². The van der Waals surface area contributed by atoms with Crippen molar-refractivity contribution in [2.45, 2.75) is 12.8 Å². The summed E-state index contributed by atoms with van der Waals surface area (Å²) < 4.78 is 0. The van der Waals surface area contributed by atoms with Crippen LogP contribution in [0.5, 0.6) is 0 Å². The Kier molecular flexibility index (Phi) is 9.12. The Balaban J connectivity index is 0.000000437. The van der Waals surface area contributed by atoms with Gasteiger partial charge in [-0.2, -0.15) is 35.9 Å². The number of fused-ring (bicyclic) bond motifs is 3. The van der Waals surface area contributed by atoms with Crippen LogP contribution in [0.15, 0.2) is 60.7 Å². The second kappa shape index (κ2) is 9.68. The summed E-state index contributed by atoms with van der Waals surface area (Å²) in [7, 11) is 0. The Morgan fingerprint density at radius 1 is 0.905 bits per heavy atom. The van der Waals surface area contributed by atoms with Gasteiger partial charge in [-0.1, -0.05) is 35.4 Å². The van der Waals surface area contributed by atoms with Crippen molar-refractivity contribution in [1.82, 2.24) is 0 Å². The third-order valence-corrected chi connectivity index (χ3v) is 3.20. The molecule has 0 nitrogen and oxygen atoms in total. The molecule has 104 valence electrons. The maximum absolute atomic E-state index is 3.30. The van der Waals surface area contributed by atoms with E-state index in [1.54, 1.807) is 0 Å². The molecular formula is C20H20Hf. The van der Waals surface area contributed by atoms with E-state index in [9.17, 15) is 0 Å². The van der Waals surface area contributed by atoms with Crippen LogP contribution in [0.4, 0.5) is 0 Å². The molecule has 0 bridgehead atoms. The zero-order chi connectivity index (χ0) is 12.2. The first kappa shape index (κ1) is 19.8. The van der Waals surface area contributed by atoms with Gasteiger partial charge in [0.25, 0.3) is 0 Å². The van der Waals surface area contributed by atoms with Crippen LogP contribution in [0.1, 0.15) is 17.5 Å². The van der Waals surface area contributed by atoms with Gasteiger partial charge in [-0.25, -0.2) is 12.2 Å². The summed E-state index contributed by atoms with van der Waals surface area (Å²) in [6, 6.07) is 18.1. The Labute approximate surface area is 148 Å². The van der Waals surface area contributed by atoms with Gasteiger partial charge in [0, 0.05) is 0 Å². The van der Waals surface area contributed by atoms with Crippen LogP contribution in [0.25, 0.3) is 11.1 Å². The summed E-state index contributed by atoms with van der Waals surface area (Å²) in [5.74, 6) is 0. The van der Waals surface area contributed by atoms with Crippen molar-refractivity contribution in [2.24, 2.45) is 0 Å². The molecule has 21 heavy (non-hydrogen) atoms. The summed E-state index contributed by atoms with van der Waals surface area (Å²) in [6.07, 6.45) is 11.0. The average Bonchev–Trinajstić information content (AvgIpc) is 3.10. The van der Waals surface area contributed by atoms with Gasteiger partial charge in [0.15, 0.2) is 0 Å². The van der Waals surface area contributed by atoms with Crippen LogP contribution >= 0.6 is 0 Å². The third-order valence-electron chi connectivity index (χ3n) is 3.20. The Morgan fingerprint density at radius 3 is 2.33 bits per heavy atom. The predicted octanol–water partition coefficient (Wildman–Crippen LogP) is 5.26. The minimum absolute atomic E-state index is 0. The largest absolute Gasteiger partial charge is 4.00 e. The topological polar surface area (TPSA) is 0 Å². The first-order valence-corrected chi connectivity index (χ1v) is 6.25. The maximum Gasteiger partial charge on any atom is 4.00 e. The van der Waals surface area contributed by atoms with Gasteiger partial charge in [0.1, 0.15) is 0 Å². The molecule has 0 N–H and O–H groups in total. The average molecular weight is 439 g/mol. The van der Waals surface area contributed by atoms with Gasteiger partial charge in [-0.15, -0.1) is 12.0 Å². The first-order valence-electron chi connectivity index (χ1n) is 6.25. The molecule has 0 unspecified atom stereocenters. The number of benzene rings is 2. The van der Waals surface area contributed by atoms with Crippen LogP contribution in [-0.2, 0) is 32.3 Å². The van der Waals surface area contributed by atoms with Gasteiger partial charge in [-0.05, 0) is 6.42 Å². The molecule has 0 aliphatic heterocycles. The Bertz CT molecular complexity index is 555. The Hall–Kier alpha value is -1.21. The molecule has 0 fully saturated rings. The van der Waals surface area contributed by atoms with E-state index in [1.807, 2.05) is 18.2 Å². The van der Waals surface area contributed by atoms with E-state index in [4.69, 9.17) is 0 Å². The van der Waals surface area contributed by atoms with Crippen molar-refractivity contribution in [3.8, 4) is 11.1 Å². The van der Waals surface area contributed by atoms with E-state index in [-0.39, 0.29) is 40.7 Å². The normalized spacial score (nSPS) is 11.8. The molecule has 4 rings (SSSR count). The predicted molar refractivity (Wildman–Crippen MR) is 87.9 cm³/mol. The fraction of sp³-hybridized carbons (Fsp3) is 0.100. The van der Waals surface area contributed by atoms with Crippen LogP contribution in [0.3, 0.4) is 0 Å². The second-order valence-electron chi connectivity index (χ2n) is 4.40. The molecule has 2 aliphatic rings. The summed E-state index contributed by atoms with van der Waals surface area (Å²) in [4.78, 5) is 0. The molecule has 2 aromatic carbocycles. The summed E-state index contributed by atoms with van der Waals surface area (Å²) in [6.45, 7) is 0. The van der Waals surface area contributed by atoms with Crippen molar-refractivity contribution in [2.75, 3.05) is 0 Å². The van der Waals surface area contributed by atoms with E-state index in [1.165, 1.54) is 22.3 Å². The monoisotopic (exact) mass is 440 g/mol. The molecule has 0 radical (unpaired) electrons. The van der Waals surface area contributed by atoms with Crippen LogP contribution < -0.4 is 0 Å². The summed E-state index contributed by atoms with van der Waals surface area (Å²) >= 11 is 0. The van der Waals surface area contributed by atoms with Crippen molar-refractivity contribution in [1.29, 1.82) is 0 Å². The quantitative estimate of drug-likeness (QED) is 0.332. The summed E-state index contributed by atoms with van der Waals surface area (Å²) in [5, 5.41) is 0. The Morgan fingerprint density at radius 2 is 1.67 bits per heavy atom. The third kappa shape index (κ3) is 4.64. The number of hydrogen-bond acceptors (Lipinski definition) is 0. The molecule has 0 spiro atoms. The molecule has 0 atom stereocenters. The fourth-order valence-corrected chi connectivity index (χ4v) is 2.34. The van der Waals surface area contributed by atoms with Crippen molar-refractivity contribution >= 4 is 0 Å². The number of rotatable bonds is 0. The SMILES string of the molecule is [C-]1=CC=CC1.[CH3-].[CH3-].[Hf+4].[c-]1cccc2c1Cc1ccccc1-2. The zero-order valence-corrected chi connectivity index (χ0v) is 16.3. The minimum atomic E-state index is 0. The molecule has 0 amide bonds. The molecule has 0 saturated heterocycles. The molecule has 2 aromatic rings. The molecular weight excluding hydrogens is 419 g/mol. The zero-order valence-electron chi connectivity index (χ0n) is 12.7. The van der Waals surface area contributed by atoms with Gasteiger partial charge in [0.05, 0.1) is 0 Å². The smallest absolute Gasteiger partial charge is 0.358 e. The number of allylic oxidation sites excluding steroid dienone is 4. The molecule has 0 heterocycles. The molecule has 0 aromatic heterocycles. The van der Waals surface area contributed by atoms with Gasteiger partial charge < -0.3 is 14.9 Å². The standard InChI is InChI=1S/C13H9.C5H5.2CH3.Hf/c1-3-7-12-10(5-1)9-11-6-2-4-8-13(11)12;1-2-4-5-3-1;;;/h1-5,7-8H,9H2;1-3H,4H2;2*1H3;/q4*-1;+4. The van der Waals surface area contributed by atoms with E-state index < -0.39 is 0 Å². The fourth-order valence-electron chi connectivity index (χ4n) is 2.34. The van der Waals surface area contributed by atoms with E-state index in [0.29, 0.717) is 0 Å². The number of hydrogen-bond donors (Lipinski definition) is 0. The van der Waals surface area contributed by atoms with Crippen LogP contribution in [-0.4, -0.2) is 0 Å². The van der Waals surface area contributed by atoms with Crippen molar-refractivity contribution in [3.63, 3.8) is 0 Å². The van der Waals surface area contributed by atoms with E-state index in [2.05, 4.69) is 54.6 Å². The van der Waals surface area contributed by atoms with Crippen molar-refractivity contribution in [3.05, 3.63) is 98.8 Å². The molecule has 2 aliphatic carbocycles. The van der Waals surface area contributed by atoms with Gasteiger partial charge >= 0.3 is 25.8 Å². The van der Waals surface area contributed by atoms with Gasteiger partial charge in [-0.3, -0.25) is 6.08 Å². The maximum atomic E-state index is 3.30. The minimum Gasteiger partial charge on any atom is -0.358 e.